The van der Waals surface area contributed by atoms with Crippen LogP contribution < -0.4 is 10.3 Å². The fourth-order valence-electron chi connectivity index (χ4n) is 2.87. The number of hydrogen-bond donors (Lipinski definition) is 1. The van der Waals surface area contributed by atoms with Gasteiger partial charge < -0.3 is 14.6 Å². The van der Waals surface area contributed by atoms with Crippen LogP contribution in [0, 0.1) is 0 Å². The molecule has 1 heterocycles. The monoisotopic (exact) mass is 414 g/mol. The van der Waals surface area contributed by atoms with Crippen LogP contribution in [-0.4, -0.2) is 34.6 Å². The van der Waals surface area contributed by atoms with Gasteiger partial charge in [0.2, 0.25) is 0 Å². The summed E-state index contributed by atoms with van der Waals surface area (Å²) in [5, 5.41) is 15.5. The highest BCUT2D eigenvalue weighted by atomic mass is 35.5. The third kappa shape index (κ3) is 4.09. The predicted molar refractivity (Wildman–Crippen MR) is 109 cm³/mol. The standard InChI is InChI=1S/C21H19ClN2O5/c1-3-29-21(27)17-19(25)18(14-9-5-7-11-16(14)28-2)23-24(20(17)26)12-13-8-4-6-10-15(13)22/h4-11,25H,3,12H2,1-2H3. The van der Waals surface area contributed by atoms with Crippen molar-refractivity contribution >= 4 is 17.6 Å². The number of aromatic hydroxyl groups is 1. The third-order valence-corrected chi connectivity index (χ3v) is 4.62. The van der Waals surface area contributed by atoms with E-state index in [2.05, 4.69) is 5.10 Å². The number of nitrogens with zero attached hydrogens (tertiary/aromatic N) is 2. The Morgan fingerprint density at radius 1 is 1.17 bits per heavy atom. The molecule has 2 aromatic carbocycles. The number of ether oxygens (including phenoxy) is 2. The van der Waals surface area contributed by atoms with E-state index in [4.69, 9.17) is 21.1 Å². The lowest BCUT2D eigenvalue weighted by atomic mass is 10.1. The van der Waals surface area contributed by atoms with E-state index in [1.165, 1.54) is 7.11 Å². The summed E-state index contributed by atoms with van der Waals surface area (Å²) in [4.78, 5) is 25.3. The highest BCUT2D eigenvalue weighted by molar-refractivity contribution is 6.31. The summed E-state index contributed by atoms with van der Waals surface area (Å²) in [5.74, 6) is -1.07. The first-order valence-corrected chi connectivity index (χ1v) is 9.23. The molecule has 3 rings (SSSR count). The summed E-state index contributed by atoms with van der Waals surface area (Å²) >= 11 is 6.21. The first-order chi connectivity index (χ1) is 14.0. The summed E-state index contributed by atoms with van der Waals surface area (Å²) in [6, 6.07) is 13.8. The number of esters is 1. The number of rotatable bonds is 6. The van der Waals surface area contributed by atoms with Gasteiger partial charge in [-0.3, -0.25) is 4.79 Å². The van der Waals surface area contributed by atoms with E-state index >= 15 is 0 Å². The number of carbonyl (C=O) groups excluding carboxylic acids is 1. The minimum absolute atomic E-state index is 0.00728. The molecule has 0 radical (unpaired) electrons. The van der Waals surface area contributed by atoms with Crippen LogP contribution in [0.25, 0.3) is 11.3 Å². The molecule has 29 heavy (non-hydrogen) atoms. The van der Waals surface area contributed by atoms with Crippen molar-refractivity contribution < 1.29 is 19.4 Å². The Hall–Kier alpha value is -3.32. The smallest absolute Gasteiger partial charge is 0.347 e. The SMILES string of the molecule is CCOC(=O)c1c(O)c(-c2ccccc2OC)nn(Cc2ccccc2Cl)c1=O. The first kappa shape index (κ1) is 20.4. The summed E-state index contributed by atoms with van der Waals surface area (Å²) in [6.07, 6.45) is 0. The second-order valence-electron chi connectivity index (χ2n) is 6.05. The van der Waals surface area contributed by atoms with Crippen LogP contribution in [0.3, 0.4) is 0 Å². The van der Waals surface area contributed by atoms with Gasteiger partial charge in [0.25, 0.3) is 5.56 Å². The van der Waals surface area contributed by atoms with E-state index in [0.29, 0.717) is 21.9 Å². The quantitative estimate of drug-likeness (QED) is 0.621. The maximum atomic E-state index is 12.9. The fraction of sp³-hybridized carbons (Fsp3) is 0.190. The number of hydrogen-bond acceptors (Lipinski definition) is 6. The molecular weight excluding hydrogens is 396 g/mol. The van der Waals surface area contributed by atoms with Gasteiger partial charge in [0.15, 0.2) is 11.3 Å². The molecule has 0 aliphatic carbocycles. The van der Waals surface area contributed by atoms with E-state index in [1.54, 1.807) is 55.5 Å². The molecule has 1 aromatic heterocycles. The Morgan fingerprint density at radius 2 is 1.86 bits per heavy atom. The van der Waals surface area contributed by atoms with Crippen molar-refractivity contribution in [3.8, 4) is 22.8 Å². The molecule has 0 saturated carbocycles. The number of aromatic nitrogens is 2. The van der Waals surface area contributed by atoms with Gasteiger partial charge in [-0.05, 0) is 30.7 Å². The number of carbonyl (C=O) groups is 1. The molecule has 1 N–H and O–H groups in total. The Balaban J connectivity index is 2.26. The highest BCUT2D eigenvalue weighted by Crippen LogP contribution is 2.35. The first-order valence-electron chi connectivity index (χ1n) is 8.85. The maximum Gasteiger partial charge on any atom is 0.347 e. The normalized spacial score (nSPS) is 10.6. The summed E-state index contributed by atoms with van der Waals surface area (Å²) < 4.78 is 11.4. The largest absolute Gasteiger partial charge is 0.505 e. The van der Waals surface area contributed by atoms with Crippen molar-refractivity contribution in [2.75, 3.05) is 13.7 Å². The Bertz CT molecular complexity index is 1110. The molecule has 150 valence electrons. The highest BCUT2D eigenvalue weighted by Gasteiger charge is 2.26. The van der Waals surface area contributed by atoms with Gasteiger partial charge in [0.05, 0.1) is 20.3 Å². The Morgan fingerprint density at radius 3 is 2.55 bits per heavy atom. The predicted octanol–water partition coefficient (Wildman–Crippen LogP) is 3.50. The zero-order valence-electron chi connectivity index (χ0n) is 15.9. The Labute approximate surface area is 172 Å². The molecule has 0 aliphatic heterocycles. The van der Waals surface area contributed by atoms with Crippen molar-refractivity contribution in [2.45, 2.75) is 13.5 Å². The van der Waals surface area contributed by atoms with Crippen LogP contribution in [0.2, 0.25) is 5.02 Å². The molecule has 3 aromatic rings. The minimum Gasteiger partial charge on any atom is -0.505 e. The molecule has 0 amide bonds. The fourth-order valence-corrected chi connectivity index (χ4v) is 3.06. The molecule has 0 bridgehead atoms. The third-order valence-electron chi connectivity index (χ3n) is 4.25. The number of benzene rings is 2. The molecule has 0 aliphatic rings. The van der Waals surface area contributed by atoms with Gasteiger partial charge in [0.1, 0.15) is 11.4 Å². The average Bonchev–Trinajstić information content (AvgIpc) is 2.72. The van der Waals surface area contributed by atoms with Crippen LogP contribution in [0.4, 0.5) is 0 Å². The summed E-state index contributed by atoms with van der Waals surface area (Å²) in [5.41, 5.74) is -0.187. The summed E-state index contributed by atoms with van der Waals surface area (Å²) in [7, 11) is 1.47. The topological polar surface area (TPSA) is 90.7 Å². The van der Waals surface area contributed by atoms with Gasteiger partial charge >= 0.3 is 5.97 Å². The number of halogens is 1. The van der Waals surface area contributed by atoms with Crippen LogP contribution in [0.1, 0.15) is 22.8 Å². The molecule has 7 nitrogen and oxygen atoms in total. The van der Waals surface area contributed by atoms with E-state index in [9.17, 15) is 14.7 Å². The van der Waals surface area contributed by atoms with Crippen molar-refractivity contribution in [1.82, 2.24) is 9.78 Å². The average molecular weight is 415 g/mol. The van der Waals surface area contributed by atoms with Crippen molar-refractivity contribution in [1.29, 1.82) is 0 Å². The zero-order valence-corrected chi connectivity index (χ0v) is 16.6. The molecule has 0 unspecified atom stereocenters. The second-order valence-corrected chi connectivity index (χ2v) is 6.45. The van der Waals surface area contributed by atoms with E-state index in [0.717, 1.165) is 4.68 Å². The van der Waals surface area contributed by atoms with Crippen LogP contribution in [0.5, 0.6) is 11.5 Å². The van der Waals surface area contributed by atoms with Gasteiger partial charge in [0, 0.05) is 10.6 Å². The molecule has 0 atom stereocenters. The molecule has 0 spiro atoms. The van der Waals surface area contributed by atoms with Crippen molar-refractivity contribution in [3.05, 3.63) is 75.0 Å². The minimum atomic E-state index is -0.929. The van der Waals surface area contributed by atoms with Crippen LogP contribution in [0.15, 0.2) is 53.3 Å². The van der Waals surface area contributed by atoms with E-state index in [1.807, 2.05) is 0 Å². The van der Waals surface area contributed by atoms with Crippen LogP contribution >= 0.6 is 11.6 Å². The lowest BCUT2D eigenvalue weighted by Gasteiger charge is -2.15. The van der Waals surface area contributed by atoms with Gasteiger partial charge in [-0.2, -0.15) is 5.10 Å². The molecule has 0 fully saturated rings. The lowest BCUT2D eigenvalue weighted by molar-refractivity contribution is 0.0519. The van der Waals surface area contributed by atoms with Gasteiger partial charge in [-0.15, -0.1) is 0 Å². The number of methoxy groups -OCH3 is 1. The Kier molecular flexibility index (Phi) is 6.19. The summed E-state index contributed by atoms with van der Waals surface area (Å²) in [6.45, 7) is 1.67. The number of para-hydroxylation sites is 1. The van der Waals surface area contributed by atoms with Crippen molar-refractivity contribution in [3.63, 3.8) is 0 Å². The van der Waals surface area contributed by atoms with E-state index in [-0.39, 0.29) is 18.8 Å². The van der Waals surface area contributed by atoms with Gasteiger partial charge in [-0.1, -0.05) is 41.9 Å². The molecule has 8 heteroatoms. The van der Waals surface area contributed by atoms with Crippen LogP contribution in [-0.2, 0) is 11.3 Å². The van der Waals surface area contributed by atoms with Crippen molar-refractivity contribution in [2.24, 2.45) is 0 Å². The molecular formula is C21H19ClN2O5. The second kappa shape index (κ2) is 8.79. The van der Waals surface area contributed by atoms with E-state index < -0.39 is 22.8 Å². The van der Waals surface area contributed by atoms with Gasteiger partial charge in [-0.25, -0.2) is 9.48 Å². The zero-order chi connectivity index (χ0) is 21.0. The lowest BCUT2D eigenvalue weighted by Crippen LogP contribution is -2.30. The maximum absolute atomic E-state index is 12.9. The molecule has 0 saturated heterocycles.